The predicted octanol–water partition coefficient (Wildman–Crippen LogP) is 2.93. The third-order valence-corrected chi connectivity index (χ3v) is 3.12. The van der Waals surface area contributed by atoms with E-state index in [1.165, 1.54) is 0 Å². The second kappa shape index (κ2) is 6.90. The second-order valence-corrected chi connectivity index (χ2v) is 5.05. The number of nitrogens with one attached hydrogen (secondary N) is 1. The number of methoxy groups -OCH3 is 1. The first kappa shape index (κ1) is 20.7. The Morgan fingerprint density at radius 1 is 1.12 bits per heavy atom. The highest BCUT2D eigenvalue weighted by Crippen LogP contribution is 2.51. The lowest BCUT2D eigenvalue weighted by Gasteiger charge is -2.33. The van der Waals surface area contributed by atoms with Gasteiger partial charge in [-0.1, -0.05) is 6.07 Å². The van der Waals surface area contributed by atoms with Crippen molar-refractivity contribution in [2.45, 2.75) is 31.3 Å². The SMILES string of the molecule is COc1cc(C(O)(C(F)(F)F)C(F)(F)F)ccc1NC(=O)CC(C)=O. The van der Waals surface area contributed by atoms with Crippen LogP contribution in [0.1, 0.15) is 18.9 Å². The van der Waals surface area contributed by atoms with E-state index in [4.69, 9.17) is 0 Å². The number of alkyl halides is 6. The Balaban J connectivity index is 3.36. The average molecular weight is 373 g/mol. The maximum Gasteiger partial charge on any atom is 0.430 e. The van der Waals surface area contributed by atoms with E-state index in [1.807, 2.05) is 0 Å². The van der Waals surface area contributed by atoms with Crippen molar-refractivity contribution in [3.8, 4) is 5.75 Å². The first-order valence-corrected chi connectivity index (χ1v) is 6.57. The molecule has 0 unspecified atom stereocenters. The standard InChI is InChI=1S/C14H13F6NO4/c1-7(22)5-11(23)21-9-4-3-8(6-10(9)25-2)12(24,13(15,16)17)14(18,19)20/h3-4,6,24H,5H2,1-2H3,(H,21,23). The molecule has 0 aliphatic heterocycles. The van der Waals surface area contributed by atoms with Crippen LogP contribution < -0.4 is 10.1 Å². The van der Waals surface area contributed by atoms with Gasteiger partial charge in [0.2, 0.25) is 5.91 Å². The third-order valence-electron chi connectivity index (χ3n) is 3.12. The summed E-state index contributed by atoms with van der Waals surface area (Å²) in [6.07, 6.45) is -12.6. The van der Waals surface area contributed by atoms with Gasteiger partial charge in [-0.25, -0.2) is 0 Å². The number of carbonyl (C=O) groups excluding carboxylic acids is 2. The van der Waals surface area contributed by atoms with Crippen LogP contribution in [0.4, 0.5) is 32.0 Å². The van der Waals surface area contributed by atoms with Gasteiger partial charge in [-0.3, -0.25) is 9.59 Å². The van der Waals surface area contributed by atoms with Gasteiger partial charge in [0.05, 0.1) is 19.2 Å². The molecule has 0 bridgehead atoms. The fourth-order valence-electron chi connectivity index (χ4n) is 1.93. The molecule has 0 aliphatic carbocycles. The van der Waals surface area contributed by atoms with Crippen molar-refractivity contribution in [1.29, 1.82) is 0 Å². The van der Waals surface area contributed by atoms with Crippen LogP contribution in [0.5, 0.6) is 5.75 Å². The van der Waals surface area contributed by atoms with Crippen molar-refractivity contribution >= 4 is 17.4 Å². The monoisotopic (exact) mass is 373 g/mol. The zero-order chi connectivity index (χ0) is 19.6. The Morgan fingerprint density at radius 2 is 1.64 bits per heavy atom. The molecule has 1 rings (SSSR count). The second-order valence-electron chi connectivity index (χ2n) is 5.05. The van der Waals surface area contributed by atoms with Crippen LogP contribution in [0.25, 0.3) is 0 Å². The molecule has 25 heavy (non-hydrogen) atoms. The zero-order valence-corrected chi connectivity index (χ0v) is 12.9. The number of ether oxygens (including phenoxy) is 1. The molecule has 0 fully saturated rings. The Labute approximate surface area is 137 Å². The van der Waals surface area contributed by atoms with Crippen molar-refractivity contribution in [1.82, 2.24) is 0 Å². The third kappa shape index (κ3) is 4.21. The number of aliphatic hydroxyl groups is 1. The van der Waals surface area contributed by atoms with Gasteiger partial charge < -0.3 is 15.2 Å². The Bertz CT molecular complexity index is 654. The van der Waals surface area contributed by atoms with E-state index < -0.39 is 47.4 Å². The number of rotatable bonds is 5. The fraction of sp³-hybridized carbons (Fsp3) is 0.429. The van der Waals surface area contributed by atoms with Crippen LogP contribution in [0.2, 0.25) is 0 Å². The summed E-state index contributed by atoms with van der Waals surface area (Å²) in [5, 5.41) is 11.4. The van der Waals surface area contributed by atoms with E-state index in [1.54, 1.807) is 0 Å². The largest absolute Gasteiger partial charge is 0.495 e. The summed E-state index contributed by atoms with van der Waals surface area (Å²) in [6.45, 7) is 1.12. The van der Waals surface area contributed by atoms with E-state index in [-0.39, 0.29) is 5.69 Å². The van der Waals surface area contributed by atoms with Gasteiger partial charge in [0.15, 0.2) is 0 Å². The first-order chi connectivity index (χ1) is 11.2. The van der Waals surface area contributed by atoms with Gasteiger partial charge in [-0.2, -0.15) is 26.3 Å². The number of benzene rings is 1. The van der Waals surface area contributed by atoms with Crippen LogP contribution in [0.15, 0.2) is 18.2 Å². The maximum absolute atomic E-state index is 12.9. The minimum atomic E-state index is -6.05. The van der Waals surface area contributed by atoms with E-state index in [9.17, 15) is 41.0 Å². The molecule has 0 spiro atoms. The minimum absolute atomic E-state index is 0.260. The van der Waals surface area contributed by atoms with Crippen LogP contribution in [0, 0.1) is 0 Å². The number of ketones is 1. The molecule has 0 radical (unpaired) electrons. The molecule has 1 aromatic rings. The van der Waals surface area contributed by atoms with Gasteiger partial charge in [0.25, 0.3) is 5.60 Å². The highest BCUT2D eigenvalue weighted by molar-refractivity contribution is 6.04. The van der Waals surface area contributed by atoms with E-state index in [0.717, 1.165) is 14.0 Å². The van der Waals surface area contributed by atoms with Crippen molar-refractivity contribution < 1.29 is 45.8 Å². The van der Waals surface area contributed by atoms with Crippen LogP contribution in [0.3, 0.4) is 0 Å². The lowest BCUT2D eigenvalue weighted by atomic mass is 9.91. The van der Waals surface area contributed by atoms with Crippen molar-refractivity contribution in [3.63, 3.8) is 0 Å². The molecular weight excluding hydrogens is 360 g/mol. The summed E-state index contributed by atoms with van der Waals surface area (Å²) >= 11 is 0. The molecule has 11 heteroatoms. The summed E-state index contributed by atoms with van der Waals surface area (Å²) < 4.78 is 81.8. The van der Waals surface area contributed by atoms with Crippen LogP contribution in [-0.4, -0.2) is 36.3 Å². The molecule has 0 atom stereocenters. The molecule has 1 aromatic carbocycles. The van der Waals surface area contributed by atoms with Gasteiger partial charge >= 0.3 is 12.4 Å². The molecule has 140 valence electrons. The number of hydrogen-bond acceptors (Lipinski definition) is 4. The maximum atomic E-state index is 12.9. The van der Waals surface area contributed by atoms with Gasteiger partial charge in [0, 0.05) is 5.56 Å². The molecule has 0 aliphatic rings. The molecule has 0 aromatic heterocycles. The molecule has 0 saturated heterocycles. The summed E-state index contributed by atoms with van der Waals surface area (Å²) in [5.74, 6) is -1.89. The molecular formula is C14H13F6NO4. The molecule has 5 nitrogen and oxygen atoms in total. The smallest absolute Gasteiger partial charge is 0.430 e. The first-order valence-electron chi connectivity index (χ1n) is 6.57. The van der Waals surface area contributed by atoms with Gasteiger partial charge in [-0.05, 0) is 19.1 Å². The van der Waals surface area contributed by atoms with Gasteiger partial charge in [-0.15, -0.1) is 0 Å². The van der Waals surface area contributed by atoms with Crippen LogP contribution in [-0.2, 0) is 15.2 Å². The van der Waals surface area contributed by atoms with Crippen LogP contribution >= 0.6 is 0 Å². The molecule has 2 N–H and O–H groups in total. The summed E-state index contributed by atoms with van der Waals surface area (Å²) in [6, 6.07) is 1.37. The Morgan fingerprint density at radius 3 is 2.04 bits per heavy atom. The number of Topliss-reactive ketones (excluding diaryl/α,β-unsaturated/α-hetero) is 1. The highest BCUT2D eigenvalue weighted by atomic mass is 19.4. The van der Waals surface area contributed by atoms with Crippen molar-refractivity contribution in [2.75, 3.05) is 12.4 Å². The number of hydrogen-bond donors (Lipinski definition) is 2. The fourth-order valence-corrected chi connectivity index (χ4v) is 1.93. The van der Waals surface area contributed by atoms with E-state index in [0.29, 0.717) is 18.2 Å². The quantitative estimate of drug-likeness (QED) is 0.615. The van der Waals surface area contributed by atoms with Crippen molar-refractivity contribution in [2.24, 2.45) is 0 Å². The van der Waals surface area contributed by atoms with Gasteiger partial charge in [0.1, 0.15) is 11.5 Å². The number of anilines is 1. The van der Waals surface area contributed by atoms with Crippen molar-refractivity contribution in [3.05, 3.63) is 23.8 Å². The predicted molar refractivity (Wildman–Crippen MR) is 72.9 cm³/mol. The Kier molecular flexibility index (Phi) is 5.73. The molecule has 0 saturated carbocycles. The number of amides is 1. The minimum Gasteiger partial charge on any atom is -0.495 e. The summed E-state index contributed by atoms with van der Waals surface area (Å²) in [7, 11) is 0.944. The average Bonchev–Trinajstić information content (AvgIpc) is 2.43. The summed E-state index contributed by atoms with van der Waals surface area (Å²) in [4.78, 5) is 22.3. The molecule has 0 heterocycles. The zero-order valence-electron chi connectivity index (χ0n) is 12.9. The van der Waals surface area contributed by atoms with E-state index in [2.05, 4.69) is 10.1 Å². The van der Waals surface area contributed by atoms with E-state index >= 15 is 0 Å². The highest BCUT2D eigenvalue weighted by Gasteiger charge is 2.71. The Hall–Kier alpha value is -2.30. The molecule has 1 amide bonds. The number of carbonyl (C=O) groups is 2. The number of halogens is 6. The lowest BCUT2D eigenvalue weighted by molar-refractivity contribution is -0.376. The summed E-state index contributed by atoms with van der Waals surface area (Å²) in [5.41, 5.74) is -6.91. The topological polar surface area (TPSA) is 75.6 Å². The normalized spacial score (nSPS) is 12.7. The lowest BCUT2D eigenvalue weighted by Crippen LogP contribution is -2.53.